The molecule has 3 heterocycles. The lowest BCUT2D eigenvalue weighted by Crippen LogP contribution is -2.32. The van der Waals surface area contributed by atoms with Gasteiger partial charge in [0.05, 0.1) is 5.56 Å². The molecule has 0 saturated carbocycles. The van der Waals surface area contributed by atoms with Crippen molar-refractivity contribution in [1.82, 2.24) is 0 Å². The van der Waals surface area contributed by atoms with E-state index in [1.807, 2.05) is 19.9 Å². The Kier molecular flexibility index (Phi) is 4.06. The Morgan fingerprint density at radius 3 is 2.74 bits per heavy atom. The van der Waals surface area contributed by atoms with Crippen LogP contribution in [0.15, 0.2) is 46.5 Å². The molecular weight excluding hydrogens is 332 g/mol. The highest BCUT2D eigenvalue weighted by molar-refractivity contribution is 6.01. The zero-order valence-electron chi connectivity index (χ0n) is 16.9. The Bertz CT molecular complexity index is 1100. The van der Waals surface area contributed by atoms with Gasteiger partial charge in [0.25, 0.3) is 0 Å². The van der Waals surface area contributed by atoms with Gasteiger partial charge >= 0.3 is 0 Å². The molecule has 3 nitrogen and oxygen atoms in total. The van der Waals surface area contributed by atoms with Crippen molar-refractivity contribution in [2.45, 2.75) is 53.0 Å². The number of furan rings is 1. The second-order valence-corrected chi connectivity index (χ2v) is 8.23. The van der Waals surface area contributed by atoms with E-state index in [1.54, 1.807) is 0 Å². The Morgan fingerprint density at radius 2 is 2.07 bits per heavy atom. The molecular formula is C24H27N2O+. The van der Waals surface area contributed by atoms with E-state index in [9.17, 15) is 0 Å². The van der Waals surface area contributed by atoms with E-state index in [-0.39, 0.29) is 5.41 Å². The van der Waals surface area contributed by atoms with Crippen LogP contribution in [0.2, 0.25) is 0 Å². The third kappa shape index (κ3) is 2.73. The van der Waals surface area contributed by atoms with Gasteiger partial charge in [0.15, 0.2) is 18.3 Å². The molecule has 1 aliphatic rings. The first-order valence-electron chi connectivity index (χ1n) is 9.62. The first-order chi connectivity index (χ1) is 12.9. The number of rotatable bonds is 4. The van der Waals surface area contributed by atoms with E-state index in [1.165, 1.54) is 22.4 Å². The van der Waals surface area contributed by atoms with Crippen molar-refractivity contribution in [2.75, 3.05) is 0 Å². The fraction of sp³-hybridized carbons (Fsp3) is 0.333. The van der Waals surface area contributed by atoms with Crippen molar-refractivity contribution >= 4 is 28.6 Å². The molecule has 3 aromatic rings. The first kappa shape index (κ1) is 17.7. The number of hydrogen-bond donors (Lipinski definition) is 0. The maximum Gasteiger partial charge on any atom is 0.227 e. The summed E-state index contributed by atoms with van der Waals surface area (Å²) in [5, 5.41) is 1.08. The average Bonchev–Trinajstić information content (AvgIpc) is 3.17. The molecule has 0 unspecified atom stereocenters. The molecule has 2 aromatic heterocycles. The number of hydrogen-bond acceptors (Lipinski definition) is 2. The number of pyridine rings is 1. The predicted molar refractivity (Wildman–Crippen MR) is 113 cm³/mol. The summed E-state index contributed by atoms with van der Waals surface area (Å²) in [6.45, 7) is 15.7. The third-order valence-electron chi connectivity index (χ3n) is 5.79. The molecule has 27 heavy (non-hydrogen) atoms. The summed E-state index contributed by atoms with van der Waals surface area (Å²) in [4.78, 5) is 4.59. The quantitative estimate of drug-likeness (QED) is 0.315. The van der Waals surface area contributed by atoms with Crippen LogP contribution in [0.5, 0.6) is 0 Å². The topological polar surface area (TPSA) is 29.4 Å². The van der Waals surface area contributed by atoms with E-state index in [0.29, 0.717) is 5.88 Å². The van der Waals surface area contributed by atoms with Gasteiger partial charge in [-0.3, -0.25) is 0 Å². The van der Waals surface area contributed by atoms with Gasteiger partial charge in [0, 0.05) is 34.4 Å². The third-order valence-corrected chi connectivity index (χ3v) is 5.79. The second-order valence-electron chi connectivity index (χ2n) is 8.23. The van der Waals surface area contributed by atoms with Gasteiger partial charge in [-0.1, -0.05) is 39.5 Å². The van der Waals surface area contributed by atoms with Crippen LogP contribution in [0, 0.1) is 0 Å². The highest BCUT2D eigenvalue weighted by atomic mass is 16.3. The largest absolute Gasteiger partial charge is 0.437 e. The van der Waals surface area contributed by atoms with Crippen LogP contribution in [-0.4, -0.2) is 5.71 Å². The van der Waals surface area contributed by atoms with Crippen LogP contribution in [0.1, 0.15) is 57.7 Å². The predicted octanol–water partition coefficient (Wildman–Crippen LogP) is 6.19. The highest BCUT2D eigenvalue weighted by Crippen LogP contribution is 2.42. The standard InChI is InChI=1S/C24H27N2O/c1-7-18-19-10-9-16-14-26-12-11-17(24(5,6)8-2)13-20(26)21(16)22(19)27-23(18)25-15(3)4/h7,9-13H,1,8,14H2,2-6H3/q+1. The molecule has 0 spiro atoms. The minimum Gasteiger partial charge on any atom is -0.437 e. The van der Waals surface area contributed by atoms with Crippen LogP contribution < -0.4 is 4.57 Å². The van der Waals surface area contributed by atoms with Crippen molar-refractivity contribution in [1.29, 1.82) is 0 Å². The summed E-state index contributed by atoms with van der Waals surface area (Å²) in [5.41, 5.74) is 8.08. The van der Waals surface area contributed by atoms with Crippen LogP contribution in [0.25, 0.3) is 28.3 Å². The van der Waals surface area contributed by atoms with E-state index in [0.717, 1.165) is 35.2 Å². The van der Waals surface area contributed by atoms with Gasteiger partial charge in [-0.25, -0.2) is 4.99 Å². The monoisotopic (exact) mass is 359 g/mol. The zero-order valence-corrected chi connectivity index (χ0v) is 16.9. The lowest BCUT2D eigenvalue weighted by molar-refractivity contribution is -0.672. The zero-order chi connectivity index (χ0) is 19.3. The number of fused-ring (bicyclic) bond motifs is 5. The Labute approximate surface area is 161 Å². The lowest BCUT2D eigenvalue weighted by atomic mass is 9.82. The molecule has 0 atom stereocenters. The molecule has 1 aliphatic heterocycles. The molecule has 138 valence electrons. The lowest BCUT2D eigenvalue weighted by Gasteiger charge is -2.22. The van der Waals surface area contributed by atoms with Gasteiger partial charge in [0.2, 0.25) is 11.6 Å². The summed E-state index contributed by atoms with van der Waals surface area (Å²) >= 11 is 0. The minimum atomic E-state index is 0.149. The van der Waals surface area contributed by atoms with Gasteiger partial charge in [-0.2, -0.15) is 4.57 Å². The number of aliphatic imine (C=N–C) groups is 1. The van der Waals surface area contributed by atoms with Crippen LogP contribution in [-0.2, 0) is 12.0 Å². The van der Waals surface area contributed by atoms with Crippen molar-refractivity contribution in [3.63, 3.8) is 0 Å². The summed E-state index contributed by atoms with van der Waals surface area (Å²) < 4.78 is 8.59. The fourth-order valence-corrected chi connectivity index (χ4v) is 3.80. The summed E-state index contributed by atoms with van der Waals surface area (Å²) in [7, 11) is 0. The Morgan fingerprint density at radius 1 is 1.30 bits per heavy atom. The number of nitrogens with zero attached hydrogens (tertiary/aromatic N) is 2. The van der Waals surface area contributed by atoms with Gasteiger partial charge < -0.3 is 4.42 Å². The van der Waals surface area contributed by atoms with Crippen molar-refractivity contribution in [3.05, 3.63) is 53.7 Å². The van der Waals surface area contributed by atoms with E-state index in [4.69, 9.17) is 4.42 Å². The Balaban J connectivity index is 2.00. The maximum atomic E-state index is 6.28. The molecule has 0 amide bonds. The highest BCUT2D eigenvalue weighted by Gasteiger charge is 2.33. The van der Waals surface area contributed by atoms with Gasteiger partial charge in [0.1, 0.15) is 0 Å². The van der Waals surface area contributed by atoms with Crippen LogP contribution in [0.4, 0.5) is 5.88 Å². The van der Waals surface area contributed by atoms with Crippen molar-refractivity contribution < 1.29 is 8.98 Å². The smallest absolute Gasteiger partial charge is 0.227 e. The summed E-state index contributed by atoms with van der Waals surface area (Å²) in [6.07, 6.45) is 5.16. The minimum absolute atomic E-state index is 0.149. The molecule has 0 N–H and O–H groups in total. The average molecular weight is 359 g/mol. The normalized spacial score (nSPS) is 12.8. The van der Waals surface area contributed by atoms with E-state index in [2.05, 4.69) is 67.4 Å². The summed E-state index contributed by atoms with van der Waals surface area (Å²) in [5.74, 6) is 0.650. The maximum absolute atomic E-state index is 6.28. The molecule has 3 heteroatoms. The number of aromatic nitrogens is 1. The first-order valence-corrected chi connectivity index (χ1v) is 9.62. The molecule has 0 bridgehead atoms. The van der Waals surface area contributed by atoms with Crippen molar-refractivity contribution in [3.8, 4) is 11.3 Å². The SMILES string of the molecule is C=Cc1c(N=C(C)C)oc2c3c(ccc12)C[n+]1ccc(C(C)(C)CC)cc1-3. The molecule has 0 fully saturated rings. The van der Waals surface area contributed by atoms with E-state index >= 15 is 0 Å². The van der Waals surface area contributed by atoms with Crippen molar-refractivity contribution in [2.24, 2.45) is 4.99 Å². The molecule has 1 aromatic carbocycles. The molecule has 0 radical (unpaired) electrons. The number of benzene rings is 1. The van der Waals surface area contributed by atoms with Crippen LogP contribution in [0.3, 0.4) is 0 Å². The Hall–Kier alpha value is -2.68. The second kappa shape index (κ2) is 6.19. The molecule has 0 saturated heterocycles. The van der Waals surface area contributed by atoms with E-state index < -0.39 is 0 Å². The van der Waals surface area contributed by atoms with Gasteiger partial charge in [-0.05, 0) is 37.3 Å². The van der Waals surface area contributed by atoms with Gasteiger partial charge in [-0.15, -0.1) is 0 Å². The fourth-order valence-electron chi connectivity index (χ4n) is 3.80. The molecule has 4 rings (SSSR count). The molecule has 0 aliphatic carbocycles. The van der Waals surface area contributed by atoms with Crippen LogP contribution >= 0.6 is 0 Å². The summed E-state index contributed by atoms with van der Waals surface area (Å²) in [6, 6.07) is 8.94.